The maximum atomic E-state index is 13.4. The molecule has 0 bridgehead atoms. The van der Waals surface area contributed by atoms with Crippen LogP contribution in [0.3, 0.4) is 0 Å². The fraction of sp³-hybridized carbons (Fsp3) is 0.440. The van der Waals surface area contributed by atoms with Gasteiger partial charge in [0.15, 0.2) is 0 Å². The van der Waals surface area contributed by atoms with Crippen molar-refractivity contribution in [3.8, 4) is 0 Å². The van der Waals surface area contributed by atoms with Gasteiger partial charge >= 0.3 is 11.9 Å². The summed E-state index contributed by atoms with van der Waals surface area (Å²) in [6.07, 6.45) is -0.282. The first-order chi connectivity index (χ1) is 14.5. The first-order valence-corrected chi connectivity index (χ1v) is 10.4. The van der Waals surface area contributed by atoms with Crippen molar-refractivity contribution in [2.75, 3.05) is 0 Å². The summed E-state index contributed by atoms with van der Waals surface area (Å²) in [5, 5.41) is 0. The third-order valence-electron chi connectivity index (χ3n) is 4.89. The van der Waals surface area contributed by atoms with Gasteiger partial charge in [-0.3, -0.25) is 9.59 Å². The molecule has 168 valence electrons. The lowest BCUT2D eigenvalue weighted by molar-refractivity contribution is -0.164. The zero-order chi connectivity index (χ0) is 23.2. The van der Waals surface area contributed by atoms with E-state index >= 15 is 0 Å². The van der Waals surface area contributed by atoms with E-state index in [0.717, 1.165) is 11.1 Å². The van der Waals surface area contributed by atoms with Gasteiger partial charge in [-0.1, -0.05) is 31.2 Å². The first-order valence-electron chi connectivity index (χ1n) is 10.4. The molecule has 4 nitrogen and oxygen atoms in total. The molecule has 0 aliphatic rings. The molecule has 2 rings (SSSR count). The van der Waals surface area contributed by atoms with Gasteiger partial charge in [-0.05, 0) is 69.5 Å². The molecule has 0 aromatic heterocycles. The van der Waals surface area contributed by atoms with Gasteiger partial charge < -0.3 is 9.47 Å². The number of halogens is 2. The topological polar surface area (TPSA) is 52.6 Å². The molecule has 0 aliphatic heterocycles. The number of benzene rings is 2. The number of hydrogen-bond donors (Lipinski definition) is 0. The minimum Gasteiger partial charge on any atom is -0.461 e. The first kappa shape index (κ1) is 24.5. The molecule has 0 unspecified atom stereocenters. The Morgan fingerprint density at radius 1 is 0.903 bits per heavy atom. The smallest absolute Gasteiger partial charge is 0.309 e. The SMILES string of the molecule is CC[C@H](CC(=O)OC(C)(C)C)C(=O)O[C@@H](C)C(c1ccc(F)cc1)c1ccc(F)cc1. The van der Waals surface area contributed by atoms with E-state index in [2.05, 4.69) is 0 Å². The van der Waals surface area contributed by atoms with E-state index < -0.39 is 35.5 Å². The van der Waals surface area contributed by atoms with E-state index in [1.807, 2.05) is 0 Å². The lowest BCUT2D eigenvalue weighted by atomic mass is 9.87. The quantitative estimate of drug-likeness (QED) is 0.496. The van der Waals surface area contributed by atoms with Crippen LogP contribution in [0.1, 0.15) is 64.5 Å². The Morgan fingerprint density at radius 3 is 1.74 bits per heavy atom. The highest BCUT2D eigenvalue weighted by molar-refractivity contribution is 5.80. The number of hydrogen-bond acceptors (Lipinski definition) is 4. The minimum atomic E-state index is -0.639. The molecule has 2 aromatic rings. The van der Waals surface area contributed by atoms with Crippen LogP contribution in [-0.4, -0.2) is 23.6 Å². The normalized spacial score (nSPS) is 13.5. The summed E-state index contributed by atoms with van der Waals surface area (Å²) in [6.45, 7) is 8.83. The molecular weight excluding hydrogens is 402 g/mol. The summed E-state index contributed by atoms with van der Waals surface area (Å²) in [7, 11) is 0. The average Bonchev–Trinajstić information content (AvgIpc) is 2.67. The molecular formula is C25H30F2O4. The number of rotatable bonds is 8. The van der Waals surface area contributed by atoms with Crippen molar-refractivity contribution in [2.24, 2.45) is 5.92 Å². The van der Waals surface area contributed by atoms with Crippen molar-refractivity contribution in [1.29, 1.82) is 0 Å². The number of carbonyl (C=O) groups excluding carboxylic acids is 2. The summed E-state index contributed by atoms with van der Waals surface area (Å²) in [5.41, 5.74) is 0.824. The summed E-state index contributed by atoms with van der Waals surface area (Å²) in [6, 6.07) is 11.8. The van der Waals surface area contributed by atoms with E-state index in [1.165, 1.54) is 24.3 Å². The highest BCUT2D eigenvalue weighted by Crippen LogP contribution is 2.31. The minimum absolute atomic E-state index is 0.0723. The van der Waals surface area contributed by atoms with Crippen LogP contribution in [0.4, 0.5) is 8.78 Å². The lowest BCUT2D eigenvalue weighted by Gasteiger charge is -2.27. The Labute approximate surface area is 182 Å². The van der Waals surface area contributed by atoms with E-state index in [0.29, 0.717) is 6.42 Å². The number of carbonyl (C=O) groups is 2. The molecule has 6 heteroatoms. The van der Waals surface area contributed by atoms with Crippen molar-refractivity contribution in [1.82, 2.24) is 0 Å². The van der Waals surface area contributed by atoms with Crippen LogP contribution < -0.4 is 0 Å². The summed E-state index contributed by atoms with van der Waals surface area (Å²) >= 11 is 0. The monoisotopic (exact) mass is 432 g/mol. The zero-order valence-corrected chi connectivity index (χ0v) is 18.7. The van der Waals surface area contributed by atoms with Gasteiger partial charge in [-0.25, -0.2) is 8.78 Å². The van der Waals surface area contributed by atoms with Crippen LogP contribution in [-0.2, 0) is 19.1 Å². The van der Waals surface area contributed by atoms with Gasteiger partial charge in [0.2, 0.25) is 0 Å². The molecule has 0 saturated heterocycles. The number of ether oxygens (including phenoxy) is 2. The van der Waals surface area contributed by atoms with Gasteiger partial charge in [-0.2, -0.15) is 0 Å². The second-order valence-electron chi connectivity index (χ2n) is 8.62. The van der Waals surface area contributed by atoms with Crippen LogP contribution in [0, 0.1) is 17.6 Å². The molecule has 2 atom stereocenters. The highest BCUT2D eigenvalue weighted by Gasteiger charge is 2.30. The Balaban J connectivity index is 2.20. The molecule has 0 radical (unpaired) electrons. The molecule has 0 fully saturated rings. The lowest BCUT2D eigenvalue weighted by Crippen LogP contribution is -2.31. The second kappa shape index (κ2) is 10.5. The standard InChI is InChI=1S/C25H30F2O4/c1-6-17(15-22(28)31-25(3,4)5)24(29)30-16(2)23(18-7-11-20(26)12-8-18)19-9-13-21(27)14-10-19/h7-14,16-17,23H,6,15H2,1-5H3/t16-,17+/m0/s1. The van der Waals surface area contributed by atoms with Crippen LogP contribution >= 0.6 is 0 Å². The highest BCUT2D eigenvalue weighted by atomic mass is 19.1. The number of esters is 2. The van der Waals surface area contributed by atoms with Gasteiger partial charge in [0.25, 0.3) is 0 Å². The zero-order valence-electron chi connectivity index (χ0n) is 18.7. The van der Waals surface area contributed by atoms with Crippen LogP contribution in [0.5, 0.6) is 0 Å². The van der Waals surface area contributed by atoms with Crippen molar-refractivity contribution in [3.05, 3.63) is 71.3 Å². The van der Waals surface area contributed by atoms with E-state index in [1.54, 1.807) is 58.9 Å². The summed E-state index contributed by atoms with van der Waals surface area (Å²) in [5.74, 6) is -2.79. The maximum Gasteiger partial charge on any atom is 0.309 e. The molecule has 2 aromatic carbocycles. The summed E-state index contributed by atoms with van der Waals surface area (Å²) < 4.78 is 37.9. The summed E-state index contributed by atoms with van der Waals surface area (Å²) in [4.78, 5) is 25.0. The molecule has 0 heterocycles. The Bertz CT molecular complexity index is 824. The van der Waals surface area contributed by atoms with Crippen molar-refractivity contribution < 1.29 is 27.8 Å². The molecule has 0 spiro atoms. The maximum absolute atomic E-state index is 13.4. The third-order valence-corrected chi connectivity index (χ3v) is 4.89. The molecule has 0 saturated carbocycles. The van der Waals surface area contributed by atoms with Crippen LogP contribution in [0.15, 0.2) is 48.5 Å². The van der Waals surface area contributed by atoms with Crippen molar-refractivity contribution in [3.63, 3.8) is 0 Å². The fourth-order valence-corrected chi connectivity index (χ4v) is 3.40. The molecule has 31 heavy (non-hydrogen) atoms. The van der Waals surface area contributed by atoms with E-state index in [9.17, 15) is 18.4 Å². The van der Waals surface area contributed by atoms with Gasteiger partial charge in [0, 0.05) is 5.92 Å². The van der Waals surface area contributed by atoms with Crippen molar-refractivity contribution >= 4 is 11.9 Å². The van der Waals surface area contributed by atoms with Crippen LogP contribution in [0.2, 0.25) is 0 Å². The van der Waals surface area contributed by atoms with Gasteiger partial charge in [-0.15, -0.1) is 0 Å². The predicted octanol–water partition coefficient (Wildman–Crippen LogP) is 5.79. The molecule has 0 aliphatic carbocycles. The van der Waals surface area contributed by atoms with E-state index in [4.69, 9.17) is 9.47 Å². The largest absolute Gasteiger partial charge is 0.461 e. The Hall–Kier alpha value is -2.76. The van der Waals surface area contributed by atoms with Crippen LogP contribution in [0.25, 0.3) is 0 Å². The molecule has 0 amide bonds. The van der Waals surface area contributed by atoms with Gasteiger partial charge in [0.05, 0.1) is 12.3 Å². The van der Waals surface area contributed by atoms with Crippen molar-refractivity contribution in [2.45, 2.75) is 65.1 Å². The second-order valence-corrected chi connectivity index (χ2v) is 8.62. The van der Waals surface area contributed by atoms with E-state index in [-0.39, 0.29) is 18.1 Å². The Kier molecular flexibility index (Phi) is 8.31. The molecule has 0 N–H and O–H groups in total. The van der Waals surface area contributed by atoms with Gasteiger partial charge in [0.1, 0.15) is 23.3 Å². The average molecular weight is 433 g/mol. The predicted molar refractivity (Wildman–Crippen MR) is 114 cm³/mol. The third kappa shape index (κ3) is 7.46. The fourth-order valence-electron chi connectivity index (χ4n) is 3.40. The Morgan fingerprint density at radius 2 is 1.35 bits per heavy atom.